The molecule has 0 bridgehead atoms. The number of ether oxygens (including phenoxy) is 3. The molecule has 16 heteroatoms. The molecule has 15 nitrogen and oxygen atoms in total. The number of aromatic nitrogens is 2. The van der Waals surface area contributed by atoms with Crippen LogP contribution in [0, 0.1) is 0 Å². The Labute approximate surface area is 352 Å². The van der Waals surface area contributed by atoms with Gasteiger partial charge in [-0.3, -0.25) is 9.59 Å². The highest BCUT2D eigenvalue weighted by Gasteiger charge is 2.30. The SMILES string of the molecule is C=C1CCN(c2cc(C(=O)N3CCC(OC4CCN(CCCOc5ccc6c(Nc7cc(S(=O)(=O)NC)ccc7N(C)C)ncnc6c5)CC4)CC3)ccc2OC)C(=O)C1. The Morgan fingerprint density at radius 1 is 0.950 bits per heavy atom. The van der Waals surface area contributed by atoms with Crippen LogP contribution in [0.5, 0.6) is 11.5 Å². The number of hydrogen-bond acceptors (Lipinski definition) is 12. The first-order chi connectivity index (χ1) is 28.9. The molecule has 60 heavy (non-hydrogen) atoms. The van der Waals surface area contributed by atoms with Crippen molar-refractivity contribution in [3.05, 3.63) is 78.6 Å². The zero-order valence-corrected chi connectivity index (χ0v) is 35.8. The van der Waals surface area contributed by atoms with Crippen molar-refractivity contribution in [3.8, 4) is 11.5 Å². The second-order valence-corrected chi connectivity index (χ2v) is 17.7. The average molecular weight is 841 g/mol. The second kappa shape index (κ2) is 19.0. The predicted octanol–water partition coefficient (Wildman–Crippen LogP) is 5.59. The van der Waals surface area contributed by atoms with Crippen molar-refractivity contribution in [3.63, 3.8) is 0 Å². The molecule has 2 N–H and O–H groups in total. The molecule has 320 valence electrons. The second-order valence-electron chi connectivity index (χ2n) is 15.8. The van der Waals surface area contributed by atoms with E-state index in [9.17, 15) is 18.0 Å². The summed E-state index contributed by atoms with van der Waals surface area (Å²) in [5.74, 6) is 1.79. The number of nitrogens with one attached hydrogen (secondary N) is 2. The van der Waals surface area contributed by atoms with Gasteiger partial charge in [0.2, 0.25) is 15.9 Å². The van der Waals surface area contributed by atoms with E-state index in [2.05, 4.69) is 31.5 Å². The minimum Gasteiger partial charge on any atom is -0.495 e. The number of nitrogens with zero attached hydrogens (tertiary/aromatic N) is 6. The molecular weight excluding hydrogens is 785 g/mol. The normalized spacial score (nSPS) is 17.3. The van der Waals surface area contributed by atoms with Crippen LogP contribution < -0.4 is 29.3 Å². The Kier molecular flexibility index (Phi) is 13.5. The summed E-state index contributed by atoms with van der Waals surface area (Å²) < 4.78 is 45.6. The molecule has 1 aromatic heterocycles. The first kappa shape index (κ1) is 42.8. The Morgan fingerprint density at radius 2 is 1.70 bits per heavy atom. The van der Waals surface area contributed by atoms with Crippen molar-refractivity contribution < 1.29 is 32.2 Å². The van der Waals surface area contributed by atoms with Crippen molar-refractivity contribution in [2.75, 3.05) is 89.2 Å². The van der Waals surface area contributed by atoms with Gasteiger partial charge in [0.25, 0.3) is 5.91 Å². The monoisotopic (exact) mass is 840 g/mol. The third kappa shape index (κ3) is 10.0. The van der Waals surface area contributed by atoms with E-state index in [0.29, 0.717) is 66.7 Å². The van der Waals surface area contributed by atoms with Gasteiger partial charge in [-0.05, 0) is 94.1 Å². The van der Waals surface area contributed by atoms with Gasteiger partial charge in [-0.25, -0.2) is 23.1 Å². The van der Waals surface area contributed by atoms with Gasteiger partial charge in [0.05, 0.1) is 53.4 Å². The molecule has 2 amide bonds. The minimum absolute atomic E-state index is 0.0292. The third-order valence-corrected chi connectivity index (χ3v) is 12.9. The predicted molar refractivity (Wildman–Crippen MR) is 233 cm³/mol. The number of amides is 2. The Hall–Kier alpha value is -5.29. The Bertz CT molecular complexity index is 2310. The van der Waals surface area contributed by atoms with Crippen LogP contribution >= 0.6 is 0 Å². The maximum absolute atomic E-state index is 13.6. The number of anilines is 4. The zero-order chi connectivity index (χ0) is 42.4. The summed E-state index contributed by atoms with van der Waals surface area (Å²) >= 11 is 0. The van der Waals surface area contributed by atoms with Gasteiger partial charge in [-0.1, -0.05) is 12.2 Å². The number of rotatable bonds is 15. The third-order valence-electron chi connectivity index (χ3n) is 11.5. The summed E-state index contributed by atoms with van der Waals surface area (Å²) in [6.07, 6.45) is 7.29. The fraction of sp³-hybridized carbons (Fsp3) is 0.455. The number of likely N-dealkylation sites (tertiary alicyclic amines) is 2. The van der Waals surface area contributed by atoms with Crippen molar-refractivity contribution >= 4 is 55.6 Å². The van der Waals surface area contributed by atoms with E-state index in [1.807, 2.05) is 42.1 Å². The topological polar surface area (TPSA) is 159 Å². The van der Waals surface area contributed by atoms with Crippen molar-refractivity contribution in [1.82, 2.24) is 24.5 Å². The molecule has 3 saturated heterocycles. The highest BCUT2D eigenvalue weighted by Crippen LogP contribution is 2.35. The quantitative estimate of drug-likeness (QED) is 0.113. The molecule has 3 fully saturated rings. The maximum atomic E-state index is 13.6. The maximum Gasteiger partial charge on any atom is 0.253 e. The van der Waals surface area contributed by atoms with Gasteiger partial charge in [-0.15, -0.1) is 0 Å². The summed E-state index contributed by atoms with van der Waals surface area (Å²) in [5.41, 5.74) is 4.23. The van der Waals surface area contributed by atoms with E-state index in [1.165, 1.54) is 13.4 Å². The van der Waals surface area contributed by atoms with Crippen LogP contribution in [0.15, 0.2) is 78.0 Å². The Balaban J connectivity index is 0.837. The first-order valence-electron chi connectivity index (χ1n) is 20.6. The number of carbonyl (C=O) groups is 2. The molecule has 0 radical (unpaired) electrons. The summed E-state index contributed by atoms with van der Waals surface area (Å²) in [4.78, 5) is 43.4. The molecule has 3 aliphatic heterocycles. The smallest absolute Gasteiger partial charge is 0.253 e. The van der Waals surface area contributed by atoms with Crippen LogP contribution in [0.4, 0.5) is 22.9 Å². The summed E-state index contributed by atoms with van der Waals surface area (Å²) in [6.45, 7) is 9.20. The van der Waals surface area contributed by atoms with Crippen LogP contribution in [-0.2, 0) is 19.6 Å². The fourth-order valence-corrected chi connectivity index (χ4v) is 8.88. The number of methoxy groups -OCH3 is 1. The lowest BCUT2D eigenvalue weighted by atomic mass is 10.0. The molecular formula is C44H56N8O7S. The fourth-order valence-electron chi connectivity index (χ4n) is 8.12. The van der Waals surface area contributed by atoms with Gasteiger partial charge in [0, 0.05) is 76.8 Å². The van der Waals surface area contributed by atoms with E-state index in [4.69, 9.17) is 14.2 Å². The summed E-state index contributed by atoms with van der Waals surface area (Å²) in [7, 11) is 3.12. The lowest BCUT2D eigenvalue weighted by molar-refractivity contribution is -0.118. The highest BCUT2D eigenvalue weighted by molar-refractivity contribution is 7.89. The van der Waals surface area contributed by atoms with E-state index < -0.39 is 10.0 Å². The van der Waals surface area contributed by atoms with Gasteiger partial charge < -0.3 is 39.1 Å². The molecule has 0 saturated carbocycles. The van der Waals surface area contributed by atoms with Gasteiger partial charge in [0.1, 0.15) is 23.6 Å². The number of benzene rings is 3. The first-order valence-corrected chi connectivity index (χ1v) is 22.1. The van der Waals surface area contributed by atoms with Crippen molar-refractivity contribution in [2.24, 2.45) is 0 Å². The number of piperidine rings is 3. The van der Waals surface area contributed by atoms with Crippen LogP contribution in [-0.4, -0.2) is 126 Å². The molecule has 4 aromatic rings. The highest BCUT2D eigenvalue weighted by atomic mass is 32.2. The summed E-state index contributed by atoms with van der Waals surface area (Å²) in [6, 6.07) is 16.0. The van der Waals surface area contributed by atoms with E-state index in [-0.39, 0.29) is 28.9 Å². The zero-order valence-electron chi connectivity index (χ0n) is 35.0. The number of fused-ring (bicyclic) bond motifs is 1. The number of sulfonamides is 1. The largest absolute Gasteiger partial charge is 0.495 e. The lowest BCUT2D eigenvalue weighted by Crippen LogP contribution is -2.44. The average Bonchev–Trinajstić information content (AvgIpc) is 3.25. The summed E-state index contributed by atoms with van der Waals surface area (Å²) in [5, 5.41) is 4.11. The van der Waals surface area contributed by atoms with Crippen molar-refractivity contribution in [1.29, 1.82) is 0 Å². The molecule has 0 unspecified atom stereocenters. The molecule has 3 aliphatic rings. The van der Waals surface area contributed by atoms with Crippen molar-refractivity contribution in [2.45, 2.75) is 62.0 Å². The number of carbonyl (C=O) groups excluding carboxylic acids is 2. The van der Waals surface area contributed by atoms with Gasteiger partial charge in [0.15, 0.2) is 0 Å². The lowest BCUT2D eigenvalue weighted by Gasteiger charge is -2.37. The molecule has 0 aliphatic carbocycles. The molecule has 4 heterocycles. The molecule has 0 spiro atoms. The van der Waals surface area contributed by atoms with Gasteiger partial charge in [-0.2, -0.15) is 0 Å². The molecule has 0 atom stereocenters. The van der Waals surface area contributed by atoms with E-state index in [0.717, 1.165) is 80.6 Å². The minimum atomic E-state index is -3.63. The molecule has 7 rings (SSSR count). The van der Waals surface area contributed by atoms with Crippen LogP contribution in [0.2, 0.25) is 0 Å². The van der Waals surface area contributed by atoms with Gasteiger partial charge >= 0.3 is 0 Å². The van der Waals surface area contributed by atoms with Crippen LogP contribution in [0.1, 0.15) is 55.3 Å². The van der Waals surface area contributed by atoms with E-state index in [1.54, 1.807) is 48.4 Å². The van der Waals surface area contributed by atoms with E-state index >= 15 is 0 Å². The van der Waals surface area contributed by atoms with Crippen LogP contribution in [0.3, 0.4) is 0 Å². The number of hydrogen-bond donors (Lipinski definition) is 2. The Morgan fingerprint density at radius 3 is 2.40 bits per heavy atom. The van der Waals surface area contributed by atoms with Crippen LogP contribution in [0.25, 0.3) is 10.9 Å². The molecule has 3 aromatic carbocycles. The standard InChI is InChI=1S/C44H56N8O7S/c1-30-13-23-52(42(53)25-30)40-26-31(7-12-41(40)57-5)44(54)51-21-16-33(17-22-51)59-32-14-19-50(20-15-32)18-6-24-58-34-8-10-36-37(27-34)46-29-47-43(36)48-38-28-35(60(55,56)45-2)9-11-39(38)49(3)4/h7-12,26-29,32-33,45H,1,6,13-25H2,2-5H3,(H,46,47,48).